The lowest BCUT2D eigenvalue weighted by molar-refractivity contribution is 1.24. The van der Waals surface area contributed by atoms with Crippen LogP contribution in [-0.4, -0.2) is 0 Å². The topological polar surface area (TPSA) is 13.0 Å². The van der Waals surface area contributed by atoms with Crippen molar-refractivity contribution in [3.63, 3.8) is 0 Å². The number of fused-ring (bicyclic) bond motifs is 2. The standard InChI is InChI=1S/C82H62N4/c1-59-57-67(45-55-79(59)83(69-25-7-3-8-26-69)73-47-37-61(38-48-73)63-41-51-75(52-42-63)85(71-29-11-5-12-30-71)81-35-19-23-65-21-15-17-33-77(65)81)68-46-56-80(60(2)58-68)84(70-27-9-4-10-28-70)74-49-39-62(40-50-74)64-43-53-76(54-44-64)86(72-31-13-6-14-32-72)82-36-20-24-66-22-16-18-34-78(66)82/h3-58H,1-2H3. The Kier molecular flexibility index (Phi) is 14.5. The Hall–Kier alpha value is -11.2. The first-order valence-electron chi connectivity index (χ1n) is 29.5. The number of benzene rings is 14. The second-order valence-corrected chi connectivity index (χ2v) is 21.9. The van der Waals surface area contributed by atoms with Gasteiger partial charge in [-0.1, -0.05) is 206 Å². The fraction of sp³-hybridized carbons (Fsp3) is 0.0244. The van der Waals surface area contributed by atoms with Crippen LogP contribution in [0.15, 0.2) is 340 Å². The van der Waals surface area contributed by atoms with Gasteiger partial charge in [0.15, 0.2) is 0 Å². The van der Waals surface area contributed by atoms with E-state index in [0.717, 1.165) is 90.5 Å². The molecule has 14 aromatic rings. The van der Waals surface area contributed by atoms with Gasteiger partial charge in [-0.25, -0.2) is 0 Å². The Morgan fingerprint density at radius 1 is 0.174 bits per heavy atom. The molecule has 0 saturated heterocycles. The molecule has 0 fully saturated rings. The molecule has 14 aromatic carbocycles. The molecule has 86 heavy (non-hydrogen) atoms. The van der Waals surface area contributed by atoms with Gasteiger partial charge in [0.1, 0.15) is 0 Å². The van der Waals surface area contributed by atoms with Crippen molar-refractivity contribution in [2.45, 2.75) is 13.8 Å². The van der Waals surface area contributed by atoms with E-state index in [1.165, 1.54) is 43.8 Å². The number of hydrogen-bond acceptors (Lipinski definition) is 4. The molecule has 0 radical (unpaired) electrons. The third-order valence-corrected chi connectivity index (χ3v) is 16.5. The maximum absolute atomic E-state index is 2.37. The van der Waals surface area contributed by atoms with E-state index in [0.29, 0.717) is 0 Å². The number of para-hydroxylation sites is 4. The van der Waals surface area contributed by atoms with E-state index < -0.39 is 0 Å². The van der Waals surface area contributed by atoms with Gasteiger partial charge < -0.3 is 19.6 Å². The molecule has 0 aliphatic heterocycles. The van der Waals surface area contributed by atoms with E-state index >= 15 is 0 Å². The molecule has 0 aromatic heterocycles. The summed E-state index contributed by atoms with van der Waals surface area (Å²) in [4.78, 5) is 9.44. The molecule has 0 saturated carbocycles. The SMILES string of the molecule is Cc1cc(-c2ccc(N(c3ccccc3)c3ccc(-c4ccc(N(c5ccccc5)c5cccc6ccccc56)cc4)cc3)c(C)c2)ccc1N(c1ccccc1)c1ccc(-c2ccc(N(c3ccccc3)c3cccc4ccccc34)cc2)cc1. The molecule has 0 heterocycles. The lowest BCUT2D eigenvalue weighted by Gasteiger charge is -2.28. The van der Waals surface area contributed by atoms with E-state index in [2.05, 4.69) is 373 Å². The Balaban J connectivity index is 0.722. The van der Waals surface area contributed by atoms with Crippen molar-refractivity contribution in [1.29, 1.82) is 0 Å². The molecule has 410 valence electrons. The monoisotopic (exact) mass is 1100 g/mol. The van der Waals surface area contributed by atoms with Gasteiger partial charge in [0, 0.05) is 67.6 Å². The van der Waals surface area contributed by atoms with Crippen LogP contribution in [-0.2, 0) is 0 Å². The normalized spacial score (nSPS) is 11.1. The van der Waals surface area contributed by atoms with E-state index in [1.54, 1.807) is 0 Å². The summed E-state index contributed by atoms with van der Waals surface area (Å²) in [6.07, 6.45) is 0. The van der Waals surface area contributed by atoms with Crippen LogP contribution in [0.4, 0.5) is 68.2 Å². The predicted molar refractivity (Wildman–Crippen MR) is 366 cm³/mol. The average molecular weight is 1100 g/mol. The van der Waals surface area contributed by atoms with Crippen molar-refractivity contribution in [3.05, 3.63) is 351 Å². The lowest BCUT2D eigenvalue weighted by atomic mass is 9.98. The molecule has 0 bridgehead atoms. The van der Waals surface area contributed by atoms with Gasteiger partial charge in [-0.15, -0.1) is 0 Å². The minimum absolute atomic E-state index is 1.09. The second-order valence-electron chi connectivity index (χ2n) is 21.9. The summed E-state index contributed by atoms with van der Waals surface area (Å²) in [7, 11) is 0. The third kappa shape index (κ3) is 10.5. The van der Waals surface area contributed by atoms with Crippen LogP contribution >= 0.6 is 0 Å². The lowest BCUT2D eigenvalue weighted by Crippen LogP contribution is -2.11. The first kappa shape index (κ1) is 52.8. The number of rotatable bonds is 15. The van der Waals surface area contributed by atoms with Crippen LogP contribution in [0.25, 0.3) is 54.9 Å². The zero-order valence-electron chi connectivity index (χ0n) is 48.1. The molecule has 0 aliphatic rings. The van der Waals surface area contributed by atoms with E-state index in [9.17, 15) is 0 Å². The number of anilines is 12. The quantitative estimate of drug-likeness (QED) is 0.101. The minimum atomic E-state index is 1.09. The van der Waals surface area contributed by atoms with Gasteiger partial charge in [0.25, 0.3) is 0 Å². The molecule has 0 amide bonds. The summed E-state index contributed by atoms with van der Waals surface area (Å²) in [6.45, 7) is 4.45. The van der Waals surface area contributed by atoms with Crippen molar-refractivity contribution in [2.75, 3.05) is 19.6 Å². The Bertz CT molecular complexity index is 4310. The molecule has 4 heteroatoms. The summed E-state index contributed by atoms with van der Waals surface area (Å²) < 4.78 is 0. The first-order valence-corrected chi connectivity index (χ1v) is 29.5. The van der Waals surface area contributed by atoms with Gasteiger partial charge in [-0.3, -0.25) is 0 Å². The molecule has 0 spiro atoms. The van der Waals surface area contributed by atoms with Crippen molar-refractivity contribution in [3.8, 4) is 33.4 Å². The fourth-order valence-electron chi connectivity index (χ4n) is 12.2. The molecular weight excluding hydrogens is 1040 g/mol. The zero-order chi connectivity index (χ0) is 57.8. The fourth-order valence-corrected chi connectivity index (χ4v) is 12.2. The highest BCUT2D eigenvalue weighted by Gasteiger charge is 2.21. The van der Waals surface area contributed by atoms with E-state index in [-0.39, 0.29) is 0 Å². The number of hydrogen-bond donors (Lipinski definition) is 0. The number of aryl methyl sites for hydroxylation is 2. The maximum Gasteiger partial charge on any atom is 0.0540 e. The van der Waals surface area contributed by atoms with Gasteiger partial charge in [0.2, 0.25) is 0 Å². The first-order chi connectivity index (χ1) is 42.5. The molecular formula is C82H62N4. The molecule has 0 unspecified atom stereocenters. The van der Waals surface area contributed by atoms with Crippen LogP contribution in [0.5, 0.6) is 0 Å². The van der Waals surface area contributed by atoms with Crippen LogP contribution in [0.2, 0.25) is 0 Å². The van der Waals surface area contributed by atoms with Gasteiger partial charge in [-0.2, -0.15) is 0 Å². The maximum atomic E-state index is 2.37. The highest BCUT2D eigenvalue weighted by atomic mass is 15.2. The van der Waals surface area contributed by atoms with Crippen molar-refractivity contribution >= 4 is 89.8 Å². The molecule has 14 rings (SSSR count). The van der Waals surface area contributed by atoms with Gasteiger partial charge in [0.05, 0.1) is 11.4 Å². The van der Waals surface area contributed by atoms with Crippen molar-refractivity contribution < 1.29 is 0 Å². The van der Waals surface area contributed by atoms with Gasteiger partial charge >= 0.3 is 0 Å². The third-order valence-electron chi connectivity index (χ3n) is 16.5. The van der Waals surface area contributed by atoms with Crippen molar-refractivity contribution in [2.24, 2.45) is 0 Å². The molecule has 0 atom stereocenters. The summed E-state index contributed by atoms with van der Waals surface area (Å²) in [5.74, 6) is 0. The zero-order valence-corrected chi connectivity index (χ0v) is 48.1. The smallest absolute Gasteiger partial charge is 0.0540 e. The Morgan fingerprint density at radius 2 is 0.407 bits per heavy atom. The van der Waals surface area contributed by atoms with E-state index in [4.69, 9.17) is 0 Å². The predicted octanol–water partition coefficient (Wildman–Crippen LogP) is 23.5. The molecule has 4 nitrogen and oxygen atoms in total. The summed E-state index contributed by atoms with van der Waals surface area (Å²) >= 11 is 0. The van der Waals surface area contributed by atoms with Crippen LogP contribution in [0.1, 0.15) is 11.1 Å². The summed E-state index contributed by atoms with van der Waals surface area (Å²) in [5, 5.41) is 4.86. The van der Waals surface area contributed by atoms with Crippen LogP contribution < -0.4 is 19.6 Å². The molecule has 0 N–H and O–H groups in total. The van der Waals surface area contributed by atoms with Crippen LogP contribution in [0.3, 0.4) is 0 Å². The summed E-state index contributed by atoms with van der Waals surface area (Å²) in [5.41, 5.74) is 22.7. The Morgan fingerprint density at radius 3 is 0.698 bits per heavy atom. The van der Waals surface area contributed by atoms with E-state index in [1.807, 2.05) is 0 Å². The Labute approximate surface area is 504 Å². The average Bonchev–Trinajstić information content (AvgIpc) is 3.69. The van der Waals surface area contributed by atoms with Crippen molar-refractivity contribution in [1.82, 2.24) is 0 Å². The van der Waals surface area contributed by atoms with Crippen LogP contribution in [0, 0.1) is 13.8 Å². The highest BCUT2D eigenvalue weighted by molar-refractivity contribution is 6.00. The largest absolute Gasteiger partial charge is 0.310 e. The number of nitrogens with zero attached hydrogens (tertiary/aromatic N) is 4. The minimum Gasteiger partial charge on any atom is -0.310 e. The second kappa shape index (κ2) is 23.6. The van der Waals surface area contributed by atoms with Gasteiger partial charge in [-0.05, 0) is 203 Å². The summed E-state index contributed by atoms with van der Waals surface area (Å²) in [6, 6.07) is 123. The molecule has 0 aliphatic carbocycles. The highest BCUT2D eigenvalue weighted by Crippen LogP contribution is 2.45.